The Morgan fingerprint density at radius 1 is 1.59 bits per heavy atom. The summed E-state index contributed by atoms with van der Waals surface area (Å²) in [4.78, 5) is 6.45. The Labute approximate surface area is 102 Å². The van der Waals surface area contributed by atoms with Gasteiger partial charge in [0.25, 0.3) is 0 Å². The minimum absolute atomic E-state index is 0.198. The molecule has 0 aliphatic carbocycles. The van der Waals surface area contributed by atoms with Crippen molar-refractivity contribution in [3.05, 3.63) is 23.9 Å². The molecule has 0 amide bonds. The molecule has 0 unspecified atom stereocenters. The predicted molar refractivity (Wildman–Crippen MR) is 67.5 cm³/mol. The Bertz CT molecular complexity index is 424. The summed E-state index contributed by atoms with van der Waals surface area (Å²) in [7, 11) is 0. The van der Waals surface area contributed by atoms with Crippen molar-refractivity contribution in [2.24, 2.45) is 11.7 Å². The number of hydrogen-bond donors (Lipinski definition) is 1. The van der Waals surface area contributed by atoms with E-state index in [9.17, 15) is 0 Å². The van der Waals surface area contributed by atoms with E-state index in [1.165, 1.54) is 0 Å². The molecule has 1 aliphatic rings. The number of nitrogens with two attached hydrogens (primary N) is 1. The molecule has 1 aromatic heterocycles. The van der Waals surface area contributed by atoms with E-state index >= 15 is 0 Å². The fourth-order valence-electron chi connectivity index (χ4n) is 2.48. The molecule has 0 aromatic carbocycles. The molecular formula is C13H18N4. The summed E-state index contributed by atoms with van der Waals surface area (Å²) in [5.74, 6) is 1.30. The third-order valence-electron chi connectivity index (χ3n) is 3.36. The lowest BCUT2D eigenvalue weighted by molar-refractivity contribution is 0.472. The fraction of sp³-hybridized carbons (Fsp3) is 0.538. The van der Waals surface area contributed by atoms with E-state index in [0.717, 1.165) is 31.7 Å². The number of rotatable bonds is 3. The number of anilines is 1. The van der Waals surface area contributed by atoms with E-state index in [-0.39, 0.29) is 6.04 Å². The van der Waals surface area contributed by atoms with Gasteiger partial charge in [0.2, 0.25) is 0 Å². The third kappa shape index (κ3) is 2.40. The zero-order valence-electron chi connectivity index (χ0n) is 10.1. The van der Waals surface area contributed by atoms with Crippen LogP contribution in [0.15, 0.2) is 18.3 Å². The normalized spacial score (nSPS) is 23.7. The lowest BCUT2D eigenvalue weighted by Crippen LogP contribution is -2.29. The van der Waals surface area contributed by atoms with Gasteiger partial charge in [-0.1, -0.05) is 13.3 Å². The molecule has 0 bridgehead atoms. The molecule has 2 heterocycles. The highest BCUT2D eigenvalue weighted by Crippen LogP contribution is 2.26. The largest absolute Gasteiger partial charge is 0.354 e. The van der Waals surface area contributed by atoms with Gasteiger partial charge >= 0.3 is 0 Å². The van der Waals surface area contributed by atoms with Gasteiger partial charge in [-0.05, 0) is 24.5 Å². The standard InChI is InChI=1S/C13H18N4/c1-2-4-11-8-17(9-12(11)15)13-10(7-14)5-3-6-16-13/h3,5-6,11-12H,2,4,8-9,15H2,1H3/t11-,12-/m0/s1. The van der Waals surface area contributed by atoms with Gasteiger partial charge in [-0.25, -0.2) is 4.98 Å². The Kier molecular flexibility index (Phi) is 3.60. The molecule has 0 saturated carbocycles. The van der Waals surface area contributed by atoms with Crippen LogP contribution in [0.1, 0.15) is 25.3 Å². The lowest BCUT2D eigenvalue weighted by Gasteiger charge is -2.18. The molecule has 4 nitrogen and oxygen atoms in total. The highest BCUT2D eigenvalue weighted by atomic mass is 15.2. The maximum absolute atomic E-state index is 9.07. The number of hydrogen-bond acceptors (Lipinski definition) is 4. The zero-order chi connectivity index (χ0) is 12.3. The average molecular weight is 230 g/mol. The van der Waals surface area contributed by atoms with Crippen molar-refractivity contribution in [3.8, 4) is 6.07 Å². The van der Waals surface area contributed by atoms with Crippen LogP contribution >= 0.6 is 0 Å². The molecule has 17 heavy (non-hydrogen) atoms. The van der Waals surface area contributed by atoms with Gasteiger partial charge in [0, 0.05) is 25.3 Å². The second kappa shape index (κ2) is 5.15. The topological polar surface area (TPSA) is 65.9 Å². The van der Waals surface area contributed by atoms with Gasteiger partial charge in [-0.15, -0.1) is 0 Å². The quantitative estimate of drug-likeness (QED) is 0.855. The summed E-state index contributed by atoms with van der Waals surface area (Å²) in [6.07, 6.45) is 4.03. The van der Waals surface area contributed by atoms with Gasteiger partial charge < -0.3 is 10.6 Å². The van der Waals surface area contributed by atoms with Crippen LogP contribution in [0.3, 0.4) is 0 Å². The first-order chi connectivity index (χ1) is 8.26. The third-order valence-corrected chi connectivity index (χ3v) is 3.36. The first-order valence-electron chi connectivity index (χ1n) is 6.12. The van der Waals surface area contributed by atoms with Crippen LogP contribution < -0.4 is 10.6 Å². The predicted octanol–water partition coefficient (Wildman–Crippen LogP) is 1.52. The van der Waals surface area contributed by atoms with Gasteiger partial charge in [-0.2, -0.15) is 5.26 Å². The fourth-order valence-corrected chi connectivity index (χ4v) is 2.48. The molecule has 2 rings (SSSR count). The lowest BCUT2D eigenvalue weighted by atomic mass is 9.99. The van der Waals surface area contributed by atoms with Crippen molar-refractivity contribution in [2.75, 3.05) is 18.0 Å². The van der Waals surface area contributed by atoms with E-state index in [4.69, 9.17) is 11.0 Å². The van der Waals surface area contributed by atoms with Gasteiger partial charge in [-0.3, -0.25) is 0 Å². The Morgan fingerprint density at radius 2 is 2.41 bits per heavy atom. The molecule has 0 radical (unpaired) electrons. The van der Waals surface area contributed by atoms with Crippen LogP contribution in [0.25, 0.3) is 0 Å². The molecule has 1 fully saturated rings. The van der Waals surface area contributed by atoms with Gasteiger partial charge in [0.15, 0.2) is 0 Å². The molecule has 2 atom stereocenters. The Morgan fingerprint density at radius 3 is 3.12 bits per heavy atom. The number of pyridine rings is 1. The highest BCUT2D eigenvalue weighted by Gasteiger charge is 2.30. The van der Waals surface area contributed by atoms with E-state index in [1.807, 2.05) is 0 Å². The molecule has 4 heteroatoms. The van der Waals surface area contributed by atoms with Crippen LogP contribution in [0, 0.1) is 17.2 Å². The summed E-state index contributed by atoms with van der Waals surface area (Å²) < 4.78 is 0. The highest BCUT2D eigenvalue weighted by molar-refractivity contribution is 5.54. The van der Waals surface area contributed by atoms with Crippen molar-refractivity contribution in [1.82, 2.24) is 4.98 Å². The second-order valence-corrected chi connectivity index (χ2v) is 4.60. The molecule has 0 spiro atoms. The molecule has 90 valence electrons. The van der Waals surface area contributed by atoms with Crippen LogP contribution in [-0.2, 0) is 0 Å². The maximum Gasteiger partial charge on any atom is 0.146 e. The Hall–Kier alpha value is -1.60. The Balaban J connectivity index is 2.17. The summed E-state index contributed by atoms with van der Waals surface area (Å²) in [6, 6.07) is 5.99. The second-order valence-electron chi connectivity index (χ2n) is 4.60. The molecule has 1 saturated heterocycles. The van der Waals surface area contributed by atoms with Crippen molar-refractivity contribution in [1.29, 1.82) is 5.26 Å². The average Bonchev–Trinajstić information content (AvgIpc) is 2.71. The van der Waals surface area contributed by atoms with Crippen molar-refractivity contribution in [2.45, 2.75) is 25.8 Å². The minimum Gasteiger partial charge on any atom is -0.354 e. The summed E-state index contributed by atoms with van der Waals surface area (Å²) in [6.45, 7) is 3.90. The van der Waals surface area contributed by atoms with Crippen LogP contribution in [-0.4, -0.2) is 24.1 Å². The van der Waals surface area contributed by atoms with Crippen molar-refractivity contribution < 1.29 is 0 Å². The van der Waals surface area contributed by atoms with E-state index in [2.05, 4.69) is 22.9 Å². The van der Waals surface area contributed by atoms with Crippen LogP contribution in [0.2, 0.25) is 0 Å². The number of nitrogens with zero attached hydrogens (tertiary/aromatic N) is 3. The number of aromatic nitrogens is 1. The monoisotopic (exact) mass is 230 g/mol. The maximum atomic E-state index is 9.07. The summed E-state index contributed by atoms with van der Waals surface area (Å²) in [5, 5.41) is 9.07. The summed E-state index contributed by atoms with van der Waals surface area (Å²) >= 11 is 0. The van der Waals surface area contributed by atoms with E-state index < -0.39 is 0 Å². The van der Waals surface area contributed by atoms with E-state index in [1.54, 1.807) is 18.3 Å². The van der Waals surface area contributed by atoms with Crippen molar-refractivity contribution in [3.63, 3.8) is 0 Å². The number of nitriles is 1. The van der Waals surface area contributed by atoms with E-state index in [0.29, 0.717) is 11.5 Å². The van der Waals surface area contributed by atoms with Crippen LogP contribution in [0.5, 0.6) is 0 Å². The minimum atomic E-state index is 0.198. The molecule has 1 aliphatic heterocycles. The molecule has 2 N–H and O–H groups in total. The summed E-state index contributed by atoms with van der Waals surface area (Å²) in [5.41, 5.74) is 6.77. The zero-order valence-corrected chi connectivity index (χ0v) is 10.1. The first-order valence-corrected chi connectivity index (χ1v) is 6.12. The van der Waals surface area contributed by atoms with Crippen molar-refractivity contribution >= 4 is 5.82 Å². The smallest absolute Gasteiger partial charge is 0.146 e. The van der Waals surface area contributed by atoms with Gasteiger partial charge in [0.05, 0.1) is 5.56 Å². The SMILES string of the molecule is CCC[C@H]1CN(c2ncccc2C#N)C[C@@H]1N. The molecular weight excluding hydrogens is 212 g/mol. The first kappa shape index (κ1) is 11.9. The van der Waals surface area contributed by atoms with Crippen LogP contribution in [0.4, 0.5) is 5.82 Å². The molecule has 1 aromatic rings. The van der Waals surface area contributed by atoms with Gasteiger partial charge in [0.1, 0.15) is 11.9 Å².